The third kappa shape index (κ3) is 2.51. The first kappa shape index (κ1) is 12.6. The summed E-state index contributed by atoms with van der Waals surface area (Å²) >= 11 is 0. The van der Waals surface area contributed by atoms with Crippen molar-refractivity contribution < 1.29 is 9.90 Å². The number of hydrogen-bond donors (Lipinski definition) is 3. The fourth-order valence-corrected chi connectivity index (χ4v) is 3.09. The molecule has 19 heavy (non-hydrogen) atoms. The van der Waals surface area contributed by atoms with E-state index in [0.29, 0.717) is 6.42 Å². The van der Waals surface area contributed by atoms with Gasteiger partial charge in [-0.3, -0.25) is 4.79 Å². The van der Waals surface area contributed by atoms with Gasteiger partial charge in [0.2, 0.25) is 5.91 Å². The average Bonchev–Trinajstić information content (AvgIpc) is 2.76. The van der Waals surface area contributed by atoms with Crippen LogP contribution in [0.5, 0.6) is 0 Å². The van der Waals surface area contributed by atoms with E-state index in [1.54, 1.807) is 0 Å². The Labute approximate surface area is 113 Å². The molecule has 3 N–H and O–H groups in total. The van der Waals surface area contributed by atoms with Gasteiger partial charge in [-0.1, -0.05) is 24.3 Å². The number of nitrogens with one attached hydrogen (secondary N) is 2. The van der Waals surface area contributed by atoms with Crippen molar-refractivity contribution in [1.29, 1.82) is 0 Å². The summed E-state index contributed by atoms with van der Waals surface area (Å²) in [5, 5.41) is 16.4. The molecule has 1 amide bonds. The molecule has 2 aliphatic rings. The Hall–Kier alpha value is -1.39. The molecule has 4 heteroatoms. The Morgan fingerprint density at radius 3 is 3.00 bits per heavy atom. The monoisotopic (exact) mass is 260 g/mol. The lowest BCUT2D eigenvalue weighted by Crippen LogP contribution is -2.43. The Morgan fingerprint density at radius 2 is 2.21 bits per heavy atom. The fraction of sp³-hybridized carbons (Fsp3) is 0.533. The Kier molecular flexibility index (Phi) is 3.53. The highest BCUT2D eigenvalue weighted by Crippen LogP contribution is 2.31. The molecule has 0 radical (unpaired) electrons. The zero-order valence-electron chi connectivity index (χ0n) is 10.9. The van der Waals surface area contributed by atoms with Gasteiger partial charge in [-0.15, -0.1) is 0 Å². The number of carbonyl (C=O) groups is 1. The first-order valence-corrected chi connectivity index (χ1v) is 7.02. The second kappa shape index (κ2) is 5.31. The number of carbonyl (C=O) groups excluding carboxylic acids is 1. The molecule has 102 valence electrons. The minimum absolute atomic E-state index is 0.0358. The predicted molar refractivity (Wildman–Crippen MR) is 72.6 cm³/mol. The first-order valence-electron chi connectivity index (χ1n) is 7.02. The minimum Gasteiger partial charge on any atom is -0.390 e. The van der Waals surface area contributed by atoms with Crippen LogP contribution >= 0.6 is 0 Å². The van der Waals surface area contributed by atoms with Crippen molar-refractivity contribution >= 4 is 5.91 Å². The van der Waals surface area contributed by atoms with Crippen LogP contribution in [0.4, 0.5) is 0 Å². The molecular weight excluding hydrogens is 240 g/mol. The van der Waals surface area contributed by atoms with Crippen molar-refractivity contribution in [3.8, 4) is 0 Å². The highest BCUT2D eigenvalue weighted by Gasteiger charge is 2.33. The molecule has 1 fully saturated rings. The van der Waals surface area contributed by atoms with Gasteiger partial charge < -0.3 is 15.7 Å². The molecule has 1 aromatic carbocycles. The smallest absolute Gasteiger partial charge is 0.224 e. The average molecular weight is 260 g/mol. The van der Waals surface area contributed by atoms with E-state index in [-0.39, 0.29) is 17.9 Å². The van der Waals surface area contributed by atoms with Crippen molar-refractivity contribution in [3.05, 3.63) is 35.4 Å². The van der Waals surface area contributed by atoms with E-state index in [2.05, 4.69) is 10.6 Å². The van der Waals surface area contributed by atoms with Crippen LogP contribution < -0.4 is 10.6 Å². The number of benzene rings is 1. The lowest BCUT2D eigenvalue weighted by atomic mass is 9.97. The van der Waals surface area contributed by atoms with Crippen LogP contribution in [0.15, 0.2) is 24.3 Å². The maximum Gasteiger partial charge on any atom is 0.224 e. The predicted octanol–water partition coefficient (Wildman–Crippen LogP) is 0.760. The van der Waals surface area contributed by atoms with Crippen molar-refractivity contribution in [3.63, 3.8) is 0 Å². The van der Waals surface area contributed by atoms with Crippen LogP contribution in [-0.2, 0) is 11.2 Å². The van der Waals surface area contributed by atoms with Gasteiger partial charge in [0, 0.05) is 13.0 Å². The molecule has 0 spiro atoms. The Bertz CT molecular complexity index is 469. The Morgan fingerprint density at radius 1 is 1.37 bits per heavy atom. The van der Waals surface area contributed by atoms with Gasteiger partial charge in [-0.25, -0.2) is 0 Å². The van der Waals surface area contributed by atoms with Crippen molar-refractivity contribution in [2.75, 3.05) is 13.1 Å². The molecule has 1 saturated heterocycles. The van der Waals surface area contributed by atoms with Gasteiger partial charge in [0.25, 0.3) is 0 Å². The second-order valence-electron chi connectivity index (χ2n) is 5.50. The highest BCUT2D eigenvalue weighted by molar-refractivity contribution is 5.79. The molecule has 0 bridgehead atoms. The van der Waals surface area contributed by atoms with Crippen LogP contribution in [0.3, 0.4) is 0 Å². The molecule has 3 atom stereocenters. The zero-order chi connectivity index (χ0) is 13.2. The van der Waals surface area contributed by atoms with E-state index in [1.807, 2.05) is 24.3 Å². The summed E-state index contributed by atoms with van der Waals surface area (Å²) in [6.07, 6.45) is 2.10. The summed E-state index contributed by atoms with van der Waals surface area (Å²) in [5.74, 6) is 0.0988. The van der Waals surface area contributed by atoms with E-state index in [4.69, 9.17) is 0 Å². The standard InChI is InChI=1S/C15H20N2O2/c18-13-8-10-4-1-2-6-12(10)14(13)17-15(19)11-5-3-7-16-9-11/h1-2,4,6,11,13-14,16,18H,3,5,7-9H2,(H,17,19)/t11-,13+,14-/m1/s1. The van der Waals surface area contributed by atoms with Gasteiger partial charge in [0.1, 0.15) is 0 Å². The lowest BCUT2D eigenvalue weighted by molar-refractivity contribution is -0.127. The van der Waals surface area contributed by atoms with Crippen molar-refractivity contribution in [1.82, 2.24) is 10.6 Å². The van der Waals surface area contributed by atoms with Gasteiger partial charge in [0.05, 0.1) is 18.1 Å². The van der Waals surface area contributed by atoms with Crippen LogP contribution in [-0.4, -0.2) is 30.2 Å². The number of fused-ring (bicyclic) bond motifs is 1. The number of aliphatic hydroxyl groups is 1. The summed E-state index contributed by atoms with van der Waals surface area (Å²) in [6.45, 7) is 1.75. The number of hydrogen-bond acceptors (Lipinski definition) is 3. The molecule has 0 unspecified atom stereocenters. The van der Waals surface area contributed by atoms with Gasteiger partial charge >= 0.3 is 0 Å². The molecule has 0 saturated carbocycles. The van der Waals surface area contributed by atoms with E-state index < -0.39 is 6.10 Å². The fourth-order valence-electron chi connectivity index (χ4n) is 3.09. The normalized spacial score (nSPS) is 29.8. The summed E-state index contributed by atoms with van der Waals surface area (Å²) in [7, 11) is 0. The van der Waals surface area contributed by atoms with Gasteiger partial charge in [0.15, 0.2) is 0 Å². The summed E-state index contributed by atoms with van der Waals surface area (Å²) in [5.41, 5.74) is 2.20. The van der Waals surface area contributed by atoms with Gasteiger partial charge in [-0.2, -0.15) is 0 Å². The van der Waals surface area contributed by atoms with E-state index >= 15 is 0 Å². The summed E-state index contributed by atoms with van der Waals surface area (Å²) in [4.78, 5) is 12.2. The molecular formula is C15H20N2O2. The third-order valence-electron chi connectivity index (χ3n) is 4.17. The SMILES string of the molecule is O=C(N[C@@H]1c2ccccc2C[C@@H]1O)[C@@H]1CCCNC1. The third-order valence-corrected chi connectivity index (χ3v) is 4.17. The molecule has 1 aromatic rings. The van der Waals surface area contributed by atoms with Crippen LogP contribution in [0, 0.1) is 5.92 Å². The number of aliphatic hydroxyl groups excluding tert-OH is 1. The Balaban J connectivity index is 1.71. The van der Waals surface area contributed by atoms with Crippen LogP contribution in [0.1, 0.15) is 30.0 Å². The molecule has 3 rings (SSSR count). The summed E-state index contributed by atoms with van der Waals surface area (Å²) < 4.78 is 0. The number of amides is 1. The largest absolute Gasteiger partial charge is 0.390 e. The second-order valence-corrected chi connectivity index (χ2v) is 5.50. The van der Waals surface area contributed by atoms with E-state index in [1.165, 1.54) is 0 Å². The quantitative estimate of drug-likeness (QED) is 0.736. The maximum absolute atomic E-state index is 12.2. The first-order chi connectivity index (χ1) is 9.25. The number of piperidine rings is 1. The highest BCUT2D eigenvalue weighted by atomic mass is 16.3. The van der Waals surface area contributed by atoms with Crippen LogP contribution in [0.25, 0.3) is 0 Å². The van der Waals surface area contributed by atoms with Crippen molar-refractivity contribution in [2.45, 2.75) is 31.4 Å². The van der Waals surface area contributed by atoms with Crippen LogP contribution in [0.2, 0.25) is 0 Å². The zero-order valence-corrected chi connectivity index (χ0v) is 10.9. The lowest BCUT2D eigenvalue weighted by Gasteiger charge is -2.25. The molecule has 1 heterocycles. The topological polar surface area (TPSA) is 61.4 Å². The molecule has 0 aromatic heterocycles. The van der Waals surface area contributed by atoms with Crippen molar-refractivity contribution in [2.24, 2.45) is 5.92 Å². The number of rotatable bonds is 2. The molecule has 4 nitrogen and oxygen atoms in total. The molecule has 1 aliphatic carbocycles. The molecule has 1 aliphatic heterocycles. The van der Waals surface area contributed by atoms with Gasteiger partial charge in [-0.05, 0) is 30.5 Å². The maximum atomic E-state index is 12.2. The minimum atomic E-state index is -0.502. The van der Waals surface area contributed by atoms with E-state index in [9.17, 15) is 9.90 Å². The van der Waals surface area contributed by atoms with E-state index in [0.717, 1.165) is 37.1 Å². The summed E-state index contributed by atoms with van der Waals surface area (Å²) in [6, 6.07) is 7.70.